The molecule has 114 valence electrons. The van der Waals surface area contributed by atoms with E-state index < -0.39 is 42.7 Å². The van der Waals surface area contributed by atoms with E-state index in [1.807, 2.05) is 0 Å². The highest BCUT2D eigenvalue weighted by molar-refractivity contribution is 7.48. The number of halogens is 5. The monoisotopic (exact) mass is 320 g/mol. The summed E-state index contributed by atoms with van der Waals surface area (Å²) >= 11 is 0. The molecule has 0 N–H and O–H groups in total. The maximum absolute atomic E-state index is 13.3. The molecule has 10 heteroatoms. The summed E-state index contributed by atoms with van der Waals surface area (Å²) in [5.41, 5.74) is 0. The predicted octanol–water partition coefficient (Wildman–Crippen LogP) is 3.94. The van der Waals surface area contributed by atoms with Crippen molar-refractivity contribution in [2.75, 3.05) is 13.2 Å². The van der Waals surface area contributed by atoms with Crippen LogP contribution in [0.2, 0.25) is 0 Å². The van der Waals surface area contributed by atoms with Crippen molar-refractivity contribution in [2.45, 2.75) is 13.8 Å². The second-order valence-electron chi connectivity index (χ2n) is 3.27. The van der Waals surface area contributed by atoms with Gasteiger partial charge >= 0.3 is 7.82 Å². The number of benzene rings is 1. The van der Waals surface area contributed by atoms with Crippen LogP contribution in [-0.4, -0.2) is 13.2 Å². The highest BCUT2D eigenvalue weighted by atomic mass is 31.2. The lowest BCUT2D eigenvalue weighted by molar-refractivity contribution is 0.162. The summed E-state index contributed by atoms with van der Waals surface area (Å²) in [5.74, 6) is -13.0. The van der Waals surface area contributed by atoms with Crippen molar-refractivity contribution in [3.63, 3.8) is 0 Å². The highest BCUT2D eigenvalue weighted by Crippen LogP contribution is 2.50. The zero-order chi connectivity index (χ0) is 15.5. The van der Waals surface area contributed by atoms with E-state index in [1.165, 1.54) is 13.8 Å². The maximum atomic E-state index is 13.3. The third-order valence-electron chi connectivity index (χ3n) is 1.95. The van der Waals surface area contributed by atoms with Gasteiger partial charge in [0.15, 0.2) is 0 Å². The molecular weight excluding hydrogens is 310 g/mol. The second kappa shape index (κ2) is 6.51. The molecule has 0 unspecified atom stereocenters. The third-order valence-corrected chi connectivity index (χ3v) is 3.50. The Bertz CT molecular complexity index is 512. The average molecular weight is 320 g/mol. The van der Waals surface area contributed by atoms with Crippen molar-refractivity contribution in [1.29, 1.82) is 0 Å². The van der Waals surface area contributed by atoms with Gasteiger partial charge in [0.2, 0.25) is 34.8 Å². The first kappa shape index (κ1) is 16.9. The Morgan fingerprint density at radius 3 is 1.50 bits per heavy atom. The van der Waals surface area contributed by atoms with Crippen molar-refractivity contribution in [2.24, 2.45) is 0 Å². The van der Waals surface area contributed by atoms with Crippen LogP contribution in [0.4, 0.5) is 22.0 Å². The molecule has 0 amide bonds. The molecule has 20 heavy (non-hydrogen) atoms. The first-order chi connectivity index (χ1) is 9.27. The third kappa shape index (κ3) is 3.28. The predicted molar refractivity (Wildman–Crippen MR) is 57.7 cm³/mol. The van der Waals surface area contributed by atoms with Crippen molar-refractivity contribution in [1.82, 2.24) is 0 Å². The molecule has 4 nitrogen and oxygen atoms in total. The molecule has 0 aliphatic heterocycles. The fraction of sp³-hybridized carbons (Fsp3) is 0.400. The average Bonchev–Trinajstić information content (AvgIpc) is 2.40. The van der Waals surface area contributed by atoms with Crippen LogP contribution in [0.25, 0.3) is 0 Å². The molecular formula is C10H10F5O4P. The van der Waals surface area contributed by atoms with Crippen LogP contribution in [-0.2, 0) is 13.6 Å². The normalized spacial score (nSPS) is 11.8. The van der Waals surface area contributed by atoms with Crippen LogP contribution >= 0.6 is 7.82 Å². The first-order valence-electron chi connectivity index (χ1n) is 5.37. The van der Waals surface area contributed by atoms with Crippen LogP contribution in [0.5, 0.6) is 5.75 Å². The van der Waals surface area contributed by atoms with E-state index in [-0.39, 0.29) is 13.2 Å². The maximum Gasteiger partial charge on any atom is 0.530 e. The van der Waals surface area contributed by atoms with Gasteiger partial charge in [-0.15, -0.1) is 0 Å². The molecule has 0 radical (unpaired) electrons. The van der Waals surface area contributed by atoms with Gasteiger partial charge < -0.3 is 4.52 Å². The van der Waals surface area contributed by atoms with Crippen LogP contribution in [0.15, 0.2) is 0 Å². The summed E-state index contributed by atoms with van der Waals surface area (Å²) in [6.45, 7) is 2.28. The fourth-order valence-corrected chi connectivity index (χ4v) is 2.38. The lowest BCUT2D eigenvalue weighted by Gasteiger charge is -2.18. The van der Waals surface area contributed by atoms with Crippen LogP contribution in [0, 0.1) is 29.1 Å². The van der Waals surface area contributed by atoms with Crippen molar-refractivity contribution >= 4 is 7.82 Å². The molecule has 0 bridgehead atoms. The van der Waals surface area contributed by atoms with E-state index >= 15 is 0 Å². The molecule has 0 aliphatic rings. The highest BCUT2D eigenvalue weighted by Gasteiger charge is 2.35. The number of hydrogen-bond acceptors (Lipinski definition) is 4. The fourth-order valence-electron chi connectivity index (χ4n) is 1.18. The summed E-state index contributed by atoms with van der Waals surface area (Å²) in [6, 6.07) is 0. The molecule has 0 aliphatic carbocycles. The Kier molecular flexibility index (Phi) is 5.50. The second-order valence-corrected chi connectivity index (χ2v) is 4.87. The molecule has 1 aromatic carbocycles. The Balaban J connectivity index is 3.30. The Hall–Kier alpha value is -1.18. The molecule has 0 fully saturated rings. The van der Waals surface area contributed by atoms with Gasteiger partial charge in [0.25, 0.3) is 0 Å². The van der Waals surface area contributed by atoms with Crippen molar-refractivity contribution in [3.8, 4) is 5.75 Å². The summed E-state index contributed by atoms with van der Waals surface area (Å²) < 4.78 is 90.6. The number of phosphoric acid groups is 1. The molecule has 0 spiro atoms. The van der Waals surface area contributed by atoms with Gasteiger partial charge in [0.05, 0.1) is 13.2 Å². The summed E-state index contributed by atoms with van der Waals surface area (Å²) in [5, 5.41) is 0. The zero-order valence-electron chi connectivity index (χ0n) is 10.4. The molecule has 0 atom stereocenters. The SMILES string of the molecule is CCOP(=O)(OCC)Oc1c(F)c(F)c(F)c(F)c1F. The summed E-state index contributed by atoms with van der Waals surface area (Å²) in [7, 11) is -4.49. The van der Waals surface area contributed by atoms with Crippen LogP contribution in [0.3, 0.4) is 0 Å². The van der Waals surface area contributed by atoms with Gasteiger partial charge in [-0.1, -0.05) is 0 Å². The van der Waals surface area contributed by atoms with Gasteiger partial charge in [-0.2, -0.15) is 8.78 Å². The molecule has 1 aromatic rings. The van der Waals surface area contributed by atoms with Gasteiger partial charge in [-0.3, -0.25) is 9.05 Å². The van der Waals surface area contributed by atoms with Gasteiger partial charge in [0, 0.05) is 0 Å². The molecule has 0 saturated carbocycles. The van der Waals surface area contributed by atoms with Gasteiger partial charge in [-0.25, -0.2) is 17.7 Å². The molecule has 0 heterocycles. The largest absolute Gasteiger partial charge is 0.530 e. The van der Waals surface area contributed by atoms with E-state index in [0.717, 1.165) is 0 Å². The van der Waals surface area contributed by atoms with E-state index in [2.05, 4.69) is 13.6 Å². The van der Waals surface area contributed by atoms with Crippen LogP contribution in [0.1, 0.15) is 13.8 Å². The van der Waals surface area contributed by atoms with E-state index in [4.69, 9.17) is 0 Å². The smallest absolute Gasteiger partial charge is 0.397 e. The first-order valence-corrected chi connectivity index (χ1v) is 6.83. The minimum absolute atomic E-state index is 0.229. The van der Waals surface area contributed by atoms with E-state index in [1.54, 1.807) is 0 Å². The van der Waals surface area contributed by atoms with Crippen LogP contribution < -0.4 is 4.52 Å². The number of phosphoric ester groups is 1. The minimum atomic E-state index is -4.49. The summed E-state index contributed by atoms with van der Waals surface area (Å²) in [6.07, 6.45) is 0. The van der Waals surface area contributed by atoms with Gasteiger partial charge in [0.1, 0.15) is 0 Å². The molecule has 0 aromatic heterocycles. The Morgan fingerprint density at radius 2 is 1.15 bits per heavy atom. The lowest BCUT2D eigenvalue weighted by Crippen LogP contribution is -2.09. The Morgan fingerprint density at radius 1 is 0.800 bits per heavy atom. The molecule has 1 rings (SSSR count). The standard InChI is InChI=1S/C10H10F5O4P/c1-3-17-20(16,18-4-2)19-10-8(14)6(12)5(11)7(13)9(10)15/h3-4H2,1-2H3. The summed E-state index contributed by atoms with van der Waals surface area (Å²) in [4.78, 5) is 0. The van der Waals surface area contributed by atoms with Crippen molar-refractivity contribution in [3.05, 3.63) is 29.1 Å². The van der Waals surface area contributed by atoms with E-state index in [9.17, 15) is 26.5 Å². The van der Waals surface area contributed by atoms with Crippen molar-refractivity contribution < 1.29 is 40.1 Å². The zero-order valence-corrected chi connectivity index (χ0v) is 11.3. The number of hydrogen-bond donors (Lipinski definition) is 0. The lowest BCUT2D eigenvalue weighted by atomic mass is 10.3. The number of rotatable bonds is 6. The van der Waals surface area contributed by atoms with Gasteiger partial charge in [-0.05, 0) is 13.8 Å². The molecule has 0 saturated heterocycles. The quantitative estimate of drug-likeness (QED) is 0.345. The van der Waals surface area contributed by atoms with E-state index in [0.29, 0.717) is 0 Å². The Labute approximate surface area is 111 Å². The topological polar surface area (TPSA) is 44.8 Å². The minimum Gasteiger partial charge on any atom is -0.397 e.